The number of rotatable bonds is 4. The normalized spacial score (nSPS) is 24.6. The number of halogens is 1. The van der Waals surface area contributed by atoms with Gasteiger partial charge < -0.3 is 14.3 Å². The molecule has 7 heteroatoms. The summed E-state index contributed by atoms with van der Waals surface area (Å²) in [4.78, 5) is 11.6. The molecule has 2 aromatic carbocycles. The Bertz CT molecular complexity index is 907. The molecule has 1 saturated carbocycles. The summed E-state index contributed by atoms with van der Waals surface area (Å²) in [5.74, 6) is 0.259. The van der Waals surface area contributed by atoms with E-state index >= 15 is 0 Å². The van der Waals surface area contributed by atoms with Gasteiger partial charge in [-0.2, -0.15) is 0 Å². The lowest BCUT2D eigenvalue weighted by molar-refractivity contribution is -0.108. The number of ether oxygens (including phenoxy) is 2. The van der Waals surface area contributed by atoms with Gasteiger partial charge in [-0.05, 0) is 42.0 Å². The van der Waals surface area contributed by atoms with Crippen molar-refractivity contribution < 1.29 is 22.7 Å². The van der Waals surface area contributed by atoms with Gasteiger partial charge >= 0.3 is 0 Å². The Kier molecular flexibility index (Phi) is 3.54. The number of aldehydes is 1. The van der Waals surface area contributed by atoms with E-state index in [9.17, 15) is 13.2 Å². The zero-order valence-corrected chi connectivity index (χ0v) is 14.0. The third kappa shape index (κ3) is 2.37. The molecule has 5 nitrogen and oxygen atoms in total. The lowest BCUT2D eigenvalue weighted by atomic mass is 10.1. The van der Waals surface area contributed by atoms with Crippen molar-refractivity contribution in [1.82, 2.24) is 0 Å². The Morgan fingerprint density at radius 3 is 2.46 bits per heavy atom. The smallest absolute Gasteiger partial charge is 0.231 e. The molecule has 0 radical (unpaired) electrons. The minimum atomic E-state index is -3.62. The summed E-state index contributed by atoms with van der Waals surface area (Å²) in [5.41, 5.74) is 0.763. The number of carbonyl (C=O) groups excluding carboxylic acids is 1. The average Bonchev–Trinajstić information content (AvgIpc) is 3.15. The highest BCUT2D eigenvalue weighted by atomic mass is 35.5. The first kappa shape index (κ1) is 15.5. The Labute approximate surface area is 144 Å². The Morgan fingerprint density at radius 1 is 1.04 bits per heavy atom. The first-order valence-corrected chi connectivity index (χ1v) is 9.29. The SMILES string of the molecule is O=C[C@@H]1[C@H](c2ccc3c(c2)OCO3)[C@H]1S(=O)(=O)c1ccc(Cl)cc1. The Morgan fingerprint density at radius 2 is 1.75 bits per heavy atom. The molecule has 0 amide bonds. The summed E-state index contributed by atoms with van der Waals surface area (Å²) in [7, 11) is -3.62. The lowest BCUT2D eigenvalue weighted by Gasteiger charge is -2.05. The Hall–Kier alpha value is -2.05. The van der Waals surface area contributed by atoms with Crippen LogP contribution in [0.5, 0.6) is 11.5 Å². The van der Waals surface area contributed by atoms with Crippen LogP contribution in [0.3, 0.4) is 0 Å². The summed E-state index contributed by atoms with van der Waals surface area (Å²) in [6.45, 7) is 0.146. The maximum atomic E-state index is 12.8. The molecule has 0 saturated heterocycles. The molecular formula is C17H13ClO5S. The number of hydrogen-bond donors (Lipinski definition) is 0. The molecular weight excluding hydrogens is 352 g/mol. The lowest BCUT2D eigenvalue weighted by Crippen LogP contribution is -2.11. The highest BCUT2D eigenvalue weighted by Gasteiger charge is 2.59. The van der Waals surface area contributed by atoms with Gasteiger partial charge in [-0.15, -0.1) is 0 Å². The van der Waals surface area contributed by atoms with Crippen LogP contribution in [0.4, 0.5) is 0 Å². The van der Waals surface area contributed by atoms with E-state index in [0.717, 1.165) is 5.56 Å². The second kappa shape index (κ2) is 5.50. The second-order valence-corrected chi connectivity index (χ2v) is 8.36. The Balaban J connectivity index is 1.68. The molecule has 1 heterocycles. The van der Waals surface area contributed by atoms with Crippen LogP contribution in [0.1, 0.15) is 11.5 Å². The first-order valence-electron chi connectivity index (χ1n) is 7.36. The fraction of sp³-hybridized carbons (Fsp3) is 0.235. The predicted molar refractivity (Wildman–Crippen MR) is 87.3 cm³/mol. The van der Waals surface area contributed by atoms with Crippen molar-refractivity contribution in [3.05, 3.63) is 53.1 Å². The molecule has 24 heavy (non-hydrogen) atoms. The van der Waals surface area contributed by atoms with E-state index in [2.05, 4.69) is 0 Å². The maximum absolute atomic E-state index is 12.8. The molecule has 3 atom stereocenters. The summed E-state index contributed by atoms with van der Waals surface area (Å²) >= 11 is 5.81. The molecule has 2 aliphatic rings. The van der Waals surface area contributed by atoms with Crippen LogP contribution in [0.2, 0.25) is 5.02 Å². The van der Waals surface area contributed by atoms with Gasteiger partial charge in [-0.1, -0.05) is 17.7 Å². The number of fused-ring (bicyclic) bond motifs is 1. The van der Waals surface area contributed by atoms with Crippen LogP contribution in [-0.2, 0) is 14.6 Å². The summed E-state index contributed by atoms with van der Waals surface area (Å²) in [6, 6.07) is 11.3. The summed E-state index contributed by atoms with van der Waals surface area (Å²) in [6.07, 6.45) is 0.716. The number of carbonyl (C=O) groups is 1. The molecule has 4 rings (SSSR count). The topological polar surface area (TPSA) is 69.7 Å². The molecule has 0 N–H and O–H groups in total. The summed E-state index contributed by atoms with van der Waals surface area (Å²) < 4.78 is 36.3. The third-order valence-electron chi connectivity index (χ3n) is 4.45. The van der Waals surface area contributed by atoms with Gasteiger partial charge in [0.1, 0.15) is 6.29 Å². The van der Waals surface area contributed by atoms with Crippen LogP contribution >= 0.6 is 11.6 Å². The molecule has 1 fully saturated rings. The van der Waals surface area contributed by atoms with Crippen molar-refractivity contribution in [3.8, 4) is 11.5 Å². The number of hydrogen-bond acceptors (Lipinski definition) is 5. The molecule has 2 aromatic rings. The van der Waals surface area contributed by atoms with E-state index in [-0.39, 0.29) is 17.6 Å². The maximum Gasteiger partial charge on any atom is 0.231 e. The minimum Gasteiger partial charge on any atom is -0.454 e. The molecule has 0 bridgehead atoms. The third-order valence-corrected chi connectivity index (χ3v) is 6.95. The minimum absolute atomic E-state index is 0.146. The van der Waals surface area contributed by atoms with Gasteiger partial charge in [0.25, 0.3) is 0 Å². The molecule has 0 aromatic heterocycles. The van der Waals surface area contributed by atoms with Crippen LogP contribution in [0, 0.1) is 5.92 Å². The van der Waals surface area contributed by atoms with E-state index in [0.29, 0.717) is 22.8 Å². The van der Waals surface area contributed by atoms with Crippen molar-refractivity contribution in [2.45, 2.75) is 16.1 Å². The van der Waals surface area contributed by atoms with Gasteiger partial charge in [-0.25, -0.2) is 8.42 Å². The van der Waals surface area contributed by atoms with E-state index < -0.39 is 21.0 Å². The predicted octanol–water partition coefficient (Wildman–Crippen LogP) is 2.82. The van der Waals surface area contributed by atoms with Crippen molar-refractivity contribution in [2.75, 3.05) is 6.79 Å². The largest absolute Gasteiger partial charge is 0.454 e. The fourth-order valence-corrected chi connectivity index (χ4v) is 5.42. The molecule has 0 unspecified atom stereocenters. The van der Waals surface area contributed by atoms with Crippen LogP contribution in [-0.4, -0.2) is 26.7 Å². The summed E-state index contributed by atoms with van der Waals surface area (Å²) in [5, 5.41) is -0.305. The standard InChI is InChI=1S/C17H13ClO5S/c18-11-2-4-12(5-3-11)24(20,21)17-13(8-19)16(17)10-1-6-14-15(7-10)23-9-22-14/h1-8,13,16-17H,9H2/t13-,16+,17+/m1/s1. The first-order chi connectivity index (χ1) is 11.5. The zero-order chi connectivity index (χ0) is 16.9. The van der Waals surface area contributed by atoms with Gasteiger partial charge in [0.05, 0.1) is 10.1 Å². The quantitative estimate of drug-likeness (QED) is 0.780. The van der Waals surface area contributed by atoms with Gasteiger partial charge in [0, 0.05) is 16.9 Å². The van der Waals surface area contributed by atoms with Crippen LogP contribution in [0.15, 0.2) is 47.4 Å². The molecule has 0 spiro atoms. The average molecular weight is 365 g/mol. The van der Waals surface area contributed by atoms with Crippen molar-refractivity contribution in [3.63, 3.8) is 0 Å². The van der Waals surface area contributed by atoms with Gasteiger partial charge in [0.2, 0.25) is 6.79 Å². The van der Waals surface area contributed by atoms with E-state index in [1.54, 1.807) is 18.2 Å². The van der Waals surface area contributed by atoms with Crippen LogP contribution in [0.25, 0.3) is 0 Å². The van der Waals surface area contributed by atoms with E-state index in [1.165, 1.54) is 24.3 Å². The van der Waals surface area contributed by atoms with Crippen molar-refractivity contribution >= 4 is 27.7 Å². The number of sulfone groups is 1. The zero-order valence-electron chi connectivity index (χ0n) is 12.4. The highest BCUT2D eigenvalue weighted by Crippen LogP contribution is 2.54. The fourth-order valence-electron chi connectivity index (χ4n) is 3.18. The molecule has 1 aliphatic carbocycles. The van der Waals surface area contributed by atoms with Crippen molar-refractivity contribution in [1.29, 1.82) is 0 Å². The second-order valence-electron chi connectivity index (χ2n) is 5.82. The van der Waals surface area contributed by atoms with Gasteiger partial charge in [-0.3, -0.25) is 0 Å². The van der Waals surface area contributed by atoms with Gasteiger partial charge in [0.15, 0.2) is 21.3 Å². The van der Waals surface area contributed by atoms with Crippen molar-refractivity contribution in [2.24, 2.45) is 5.92 Å². The van der Waals surface area contributed by atoms with Crippen LogP contribution < -0.4 is 9.47 Å². The highest BCUT2D eigenvalue weighted by molar-refractivity contribution is 7.92. The monoisotopic (exact) mass is 364 g/mol. The van der Waals surface area contributed by atoms with E-state index in [4.69, 9.17) is 21.1 Å². The number of benzene rings is 2. The molecule has 124 valence electrons. The molecule has 1 aliphatic heterocycles. The van der Waals surface area contributed by atoms with E-state index in [1.807, 2.05) is 0 Å².